The van der Waals surface area contributed by atoms with Crippen LogP contribution in [0.15, 0.2) is 73.2 Å². The molecule has 180 valence electrons. The molecule has 36 heavy (non-hydrogen) atoms. The number of methoxy groups -OCH3 is 1. The summed E-state index contributed by atoms with van der Waals surface area (Å²) in [7, 11) is 1.68. The predicted molar refractivity (Wildman–Crippen MR) is 142 cm³/mol. The quantitative estimate of drug-likeness (QED) is 0.322. The van der Waals surface area contributed by atoms with Crippen molar-refractivity contribution in [3.05, 3.63) is 78.8 Å². The lowest BCUT2D eigenvalue weighted by Crippen LogP contribution is -2.37. The van der Waals surface area contributed by atoms with Crippen LogP contribution in [-0.2, 0) is 0 Å². The monoisotopic (exact) mass is 477 g/mol. The lowest BCUT2D eigenvalue weighted by atomic mass is 9.97. The van der Waals surface area contributed by atoms with Gasteiger partial charge in [0.25, 0.3) is 5.91 Å². The Kier molecular flexibility index (Phi) is 5.83. The summed E-state index contributed by atoms with van der Waals surface area (Å²) < 4.78 is 5.79. The summed E-state index contributed by atoms with van der Waals surface area (Å²) in [5.74, 6) is 0.715. The predicted octanol–water partition coefficient (Wildman–Crippen LogP) is 4.94. The molecule has 1 aliphatic heterocycles. The number of nitrogens with one attached hydrogen (secondary N) is 3. The van der Waals surface area contributed by atoms with E-state index < -0.39 is 0 Å². The van der Waals surface area contributed by atoms with Gasteiger partial charge in [0.15, 0.2) is 0 Å². The van der Waals surface area contributed by atoms with Crippen molar-refractivity contribution in [3.8, 4) is 28.1 Å². The van der Waals surface area contributed by atoms with Crippen LogP contribution >= 0.6 is 0 Å². The zero-order chi connectivity index (χ0) is 24.5. The Balaban J connectivity index is 1.40. The summed E-state index contributed by atoms with van der Waals surface area (Å²) in [6.45, 7) is 1.67. The van der Waals surface area contributed by atoms with Crippen LogP contribution in [0.25, 0.3) is 44.2 Å². The number of pyridine rings is 2. The lowest BCUT2D eigenvalue weighted by Gasteiger charge is -2.13. The Labute approximate surface area is 208 Å². The fourth-order valence-corrected chi connectivity index (χ4v) is 5.04. The van der Waals surface area contributed by atoms with Crippen molar-refractivity contribution in [3.63, 3.8) is 0 Å². The van der Waals surface area contributed by atoms with E-state index in [0.717, 1.165) is 69.3 Å². The summed E-state index contributed by atoms with van der Waals surface area (Å²) in [4.78, 5) is 25.1. The van der Waals surface area contributed by atoms with E-state index in [0.29, 0.717) is 18.2 Å². The average Bonchev–Trinajstić information content (AvgIpc) is 3.59. The smallest absolute Gasteiger partial charge is 0.251 e. The molecule has 1 aliphatic rings. The topological polar surface area (TPSA) is 91.9 Å². The van der Waals surface area contributed by atoms with Crippen LogP contribution < -0.4 is 15.4 Å². The number of ether oxygens (including phenoxy) is 1. The zero-order valence-corrected chi connectivity index (χ0v) is 20.0. The Morgan fingerprint density at radius 2 is 1.97 bits per heavy atom. The molecule has 0 saturated carbocycles. The molecule has 1 amide bonds. The van der Waals surface area contributed by atoms with Crippen LogP contribution in [0.1, 0.15) is 23.2 Å². The SMILES string of the molecule is COc1ccc2[nH]c3cnc(-c4cccnc4)cc3c2c1-c1ccc(C(=O)NCC2CCCN2)cc1. The second kappa shape index (κ2) is 9.43. The third-order valence-electron chi connectivity index (χ3n) is 6.89. The second-order valence-electron chi connectivity index (χ2n) is 9.13. The van der Waals surface area contributed by atoms with Crippen molar-refractivity contribution in [1.82, 2.24) is 25.6 Å². The molecule has 2 aromatic carbocycles. The highest BCUT2D eigenvalue weighted by Crippen LogP contribution is 2.41. The summed E-state index contributed by atoms with van der Waals surface area (Å²) in [5, 5.41) is 8.57. The molecule has 7 nitrogen and oxygen atoms in total. The number of aromatic nitrogens is 3. The van der Waals surface area contributed by atoms with Gasteiger partial charge >= 0.3 is 0 Å². The van der Waals surface area contributed by atoms with Gasteiger partial charge in [0.05, 0.1) is 24.5 Å². The molecule has 1 atom stereocenters. The molecule has 0 spiro atoms. The Bertz CT molecular complexity index is 1540. The van der Waals surface area contributed by atoms with Gasteiger partial charge in [-0.15, -0.1) is 0 Å². The molecule has 4 heterocycles. The van der Waals surface area contributed by atoms with Crippen LogP contribution in [0.4, 0.5) is 0 Å². The van der Waals surface area contributed by atoms with E-state index in [1.165, 1.54) is 0 Å². The molecule has 6 rings (SSSR count). The summed E-state index contributed by atoms with van der Waals surface area (Å²) in [5.41, 5.74) is 6.36. The first kappa shape index (κ1) is 22.2. The maximum absolute atomic E-state index is 12.7. The molecule has 7 heteroatoms. The number of benzene rings is 2. The molecular weight excluding hydrogens is 450 g/mol. The number of hydrogen-bond acceptors (Lipinski definition) is 5. The molecule has 1 fully saturated rings. The minimum atomic E-state index is -0.0558. The number of carbonyl (C=O) groups excluding carboxylic acids is 1. The number of fused-ring (bicyclic) bond motifs is 3. The van der Waals surface area contributed by atoms with Gasteiger partial charge in [-0.3, -0.25) is 14.8 Å². The number of hydrogen-bond donors (Lipinski definition) is 3. The van der Waals surface area contributed by atoms with E-state index in [-0.39, 0.29) is 5.91 Å². The van der Waals surface area contributed by atoms with E-state index in [1.54, 1.807) is 13.3 Å². The fourth-order valence-electron chi connectivity index (χ4n) is 5.04. The van der Waals surface area contributed by atoms with Crippen molar-refractivity contribution in [2.45, 2.75) is 18.9 Å². The first-order chi connectivity index (χ1) is 17.7. The maximum atomic E-state index is 12.7. The summed E-state index contributed by atoms with van der Waals surface area (Å²) >= 11 is 0. The number of aromatic amines is 1. The van der Waals surface area contributed by atoms with Crippen molar-refractivity contribution in [1.29, 1.82) is 0 Å². The van der Waals surface area contributed by atoms with Crippen LogP contribution in [0.3, 0.4) is 0 Å². The average molecular weight is 478 g/mol. The van der Waals surface area contributed by atoms with E-state index in [4.69, 9.17) is 4.74 Å². The molecule has 1 saturated heterocycles. The van der Waals surface area contributed by atoms with E-state index in [9.17, 15) is 4.79 Å². The summed E-state index contributed by atoms with van der Waals surface area (Å²) in [6.07, 6.45) is 7.70. The molecule has 0 aliphatic carbocycles. The van der Waals surface area contributed by atoms with Gasteiger partial charge in [-0.05, 0) is 67.4 Å². The Hall–Kier alpha value is -4.23. The Morgan fingerprint density at radius 1 is 1.08 bits per heavy atom. The van der Waals surface area contributed by atoms with E-state index in [2.05, 4.69) is 31.7 Å². The van der Waals surface area contributed by atoms with Crippen LogP contribution in [-0.4, -0.2) is 47.1 Å². The number of carbonyl (C=O) groups is 1. The van der Waals surface area contributed by atoms with E-state index >= 15 is 0 Å². The van der Waals surface area contributed by atoms with Gasteiger partial charge in [0.2, 0.25) is 0 Å². The van der Waals surface area contributed by atoms with Gasteiger partial charge in [0.1, 0.15) is 5.75 Å². The second-order valence-corrected chi connectivity index (χ2v) is 9.13. The van der Waals surface area contributed by atoms with Gasteiger partial charge in [0, 0.05) is 58.0 Å². The van der Waals surface area contributed by atoms with Gasteiger partial charge < -0.3 is 20.4 Å². The number of nitrogens with zero attached hydrogens (tertiary/aromatic N) is 2. The molecule has 5 aromatic rings. The molecule has 3 N–H and O–H groups in total. The van der Waals surface area contributed by atoms with Crippen molar-refractivity contribution in [2.24, 2.45) is 0 Å². The highest BCUT2D eigenvalue weighted by molar-refractivity contribution is 6.16. The zero-order valence-electron chi connectivity index (χ0n) is 20.0. The number of H-pyrrole nitrogens is 1. The minimum absolute atomic E-state index is 0.0558. The van der Waals surface area contributed by atoms with Gasteiger partial charge in [-0.2, -0.15) is 0 Å². The van der Waals surface area contributed by atoms with Crippen molar-refractivity contribution in [2.75, 3.05) is 20.2 Å². The van der Waals surface area contributed by atoms with Gasteiger partial charge in [-0.25, -0.2) is 0 Å². The summed E-state index contributed by atoms with van der Waals surface area (Å²) in [6, 6.07) is 18.1. The van der Waals surface area contributed by atoms with Crippen LogP contribution in [0, 0.1) is 0 Å². The normalized spacial score (nSPS) is 15.4. The van der Waals surface area contributed by atoms with Crippen molar-refractivity contribution >= 4 is 27.7 Å². The van der Waals surface area contributed by atoms with Crippen LogP contribution in [0.2, 0.25) is 0 Å². The highest BCUT2D eigenvalue weighted by atomic mass is 16.5. The number of amides is 1. The molecule has 3 aromatic heterocycles. The van der Waals surface area contributed by atoms with Gasteiger partial charge in [-0.1, -0.05) is 12.1 Å². The lowest BCUT2D eigenvalue weighted by molar-refractivity contribution is 0.0950. The van der Waals surface area contributed by atoms with E-state index in [1.807, 2.05) is 60.9 Å². The molecule has 1 unspecified atom stereocenters. The molecular formula is C29H27N5O2. The minimum Gasteiger partial charge on any atom is -0.496 e. The first-order valence-corrected chi connectivity index (χ1v) is 12.2. The fraction of sp³-hybridized carbons (Fsp3) is 0.207. The number of rotatable bonds is 6. The highest BCUT2D eigenvalue weighted by Gasteiger charge is 2.18. The van der Waals surface area contributed by atoms with Crippen molar-refractivity contribution < 1.29 is 9.53 Å². The maximum Gasteiger partial charge on any atom is 0.251 e. The largest absolute Gasteiger partial charge is 0.496 e. The van der Waals surface area contributed by atoms with Crippen LogP contribution in [0.5, 0.6) is 5.75 Å². The third-order valence-corrected chi connectivity index (χ3v) is 6.89. The standard InChI is InChI=1S/C29H27N5O2/c1-36-26-11-10-23-28(22-14-24(32-17-25(22)34-23)20-4-2-12-30-15-20)27(26)18-6-8-19(9-7-18)29(35)33-16-21-5-3-13-31-21/h2,4,6-12,14-15,17,21,31,34H,3,5,13,16H2,1H3,(H,33,35). The first-order valence-electron chi connectivity index (χ1n) is 12.2. The Morgan fingerprint density at radius 3 is 2.72 bits per heavy atom. The molecule has 0 bridgehead atoms. The molecule has 0 radical (unpaired) electrons. The third kappa shape index (κ3) is 4.07.